The van der Waals surface area contributed by atoms with E-state index in [2.05, 4.69) is 103 Å². The highest BCUT2D eigenvalue weighted by Crippen LogP contribution is 2.33. The van der Waals surface area contributed by atoms with Crippen LogP contribution in [0.3, 0.4) is 0 Å². The summed E-state index contributed by atoms with van der Waals surface area (Å²) in [4.78, 5) is 21.7. The van der Waals surface area contributed by atoms with E-state index in [0.29, 0.717) is 6.61 Å². The van der Waals surface area contributed by atoms with Gasteiger partial charge in [0.1, 0.15) is 11.6 Å². The molecule has 2 saturated heterocycles. The number of hydrogen-bond acceptors (Lipinski definition) is 9. The van der Waals surface area contributed by atoms with Gasteiger partial charge < -0.3 is 39.0 Å². The summed E-state index contributed by atoms with van der Waals surface area (Å²) in [7, 11) is 0. The van der Waals surface area contributed by atoms with Crippen molar-refractivity contribution in [3.05, 3.63) is 113 Å². The minimum Gasteiger partial charge on any atom is -0.374 e. The molecule has 11 nitrogen and oxygen atoms in total. The van der Waals surface area contributed by atoms with Crippen LogP contribution >= 0.6 is 0 Å². The number of fused-ring (bicyclic) bond motifs is 7. The zero-order valence-corrected chi connectivity index (χ0v) is 32.1. The molecule has 2 fully saturated rings. The lowest BCUT2D eigenvalue weighted by Gasteiger charge is -2.40. The van der Waals surface area contributed by atoms with Gasteiger partial charge in [0.2, 0.25) is 0 Å². The summed E-state index contributed by atoms with van der Waals surface area (Å²) in [5.74, 6) is 2.57. The third-order valence-electron chi connectivity index (χ3n) is 12.4. The van der Waals surface area contributed by atoms with Crippen LogP contribution in [0.1, 0.15) is 35.9 Å². The van der Waals surface area contributed by atoms with Crippen LogP contribution < -0.4 is 19.6 Å². The molecular weight excluding hydrogens is 718 g/mol. The van der Waals surface area contributed by atoms with Gasteiger partial charge in [-0.2, -0.15) is 0 Å². The Hall–Kier alpha value is -5.72. The lowest BCUT2D eigenvalue weighted by atomic mass is 10.0. The molecule has 0 amide bonds. The number of aromatic amines is 2. The van der Waals surface area contributed by atoms with Gasteiger partial charge in [-0.1, -0.05) is 24.3 Å². The van der Waals surface area contributed by atoms with Crippen molar-refractivity contribution in [2.24, 2.45) is 0 Å². The highest BCUT2D eigenvalue weighted by molar-refractivity contribution is 5.87. The first-order chi connectivity index (χ1) is 28.0. The number of H-pyrrole nitrogens is 2. The second-order valence-electron chi connectivity index (χ2n) is 16.2. The number of pyridine rings is 1. The predicted octanol–water partition coefficient (Wildman–Crippen LogP) is 7.14. The third-order valence-corrected chi connectivity index (χ3v) is 12.4. The molecule has 4 aromatic heterocycles. The van der Waals surface area contributed by atoms with Gasteiger partial charge in [-0.3, -0.25) is 0 Å². The van der Waals surface area contributed by atoms with Crippen molar-refractivity contribution in [2.45, 2.75) is 57.6 Å². The van der Waals surface area contributed by atoms with Gasteiger partial charge >= 0.3 is 0 Å². The first-order valence-corrected chi connectivity index (χ1v) is 20.4. The third kappa shape index (κ3) is 6.50. The molecular formula is C45H46FN9O2. The number of aromatic nitrogens is 5. The minimum absolute atomic E-state index is 0.0103. The molecule has 8 heterocycles. The summed E-state index contributed by atoms with van der Waals surface area (Å²) in [6.45, 7) is 9.19. The Bertz CT molecular complexity index is 2610. The molecule has 0 spiro atoms. The van der Waals surface area contributed by atoms with Crippen LogP contribution in [0.25, 0.3) is 32.7 Å². The van der Waals surface area contributed by atoms with Crippen molar-refractivity contribution >= 4 is 55.8 Å². The fraction of sp³-hybridized carbons (Fsp3) is 0.356. The number of nitrogens with zero attached hydrogens (tertiary/aromatic N) is 7. The number of hydrogen-bond donors (Lipinski definition) is 2. The Morgan fingerprint density at radius 2 is 1.40 bits per heavy atom. The van der Waals surface area contributed by atoms with Crippen LogP contribution in [-0.2, 0) is 35.4 Å². The number of halogens is 1. The van der Waals surface area contributed by atoms with Crippen LogP contribution in [0.5, 0.6) is 0 Å². The van der Waals surface area contributed by atoms with E-state index >= 15 is 0 Å². The topological polar surface area (TPSA) is 102 Å². The number of anilines is 4. The van der Waals surface area contributed by atoms with Gasteiger partial charge in [-0.25, -0.2) is 9.37 Å². The molecule has 0 saturated carbocycles. The standard InChI is InChI=1S/C45H46FN9O2/c1-28-23-55(45-13-12-44(50-51-45)53-17-15-35-34-4-2-3-5-38(34)47-42(35)27-53)25-33(57-28)22-32-24-54(18-19-56-32)43-11-7-29-6-9-31(21-40(29)49-43)52-16-14-36-37-20-30(46)8-10-39(37)48-41(36)26-52/h2-13,20-21,28,32-33,47-48H,14-19,22-27H2,1H3/t28-,32?,33+/m1/s1. The molecule has 4 aliphatic rings. The van der Waals surface area contributed by atoms with E-state index in [4.69, 9.17) is 24.7 Å². The van der Waals surface area contributed by atoms with Crippen LogP contribution in [-0.4, -0.2) is 89.3 Å². The van der Waals surface area contributed by atoms with E-state index in [0.717, 1.165) is 122 Å². The lowest BCUT2D eigenvalue weighted by molar-refractivity contribution is -0.0569. The first kappa shape index (κ1) is 34.5. The average molecular weight is 764 g/mol. The maximum absolute atomic E-state index is 14.0. The van der Waals surface area contributed by atoms with Gasteiger partial charge in [0.15, 0.2) is 11.6 Å². The summed E-state index contributed by atoms with van der Waals surface area (Å²) in [6, 6.07) is 28.7. The summed E-state index contributed by atoms with van der Waals surface area (Å²) >= 11 is 0. The number of para-hydroxylation sites is 1. The zero-order valence-electron chi connectivity index (χ0n) is 32.1. The first-order valence-electron chi connectivity index (χ1n) is 20.4. The zero-order chi connectivity index (χ0) is 38.0. The molecule has 0 radical (unpaired) electrons. The van der Waals surface area contributed by atoms with Crippen LogP contribution in [0.2, 0.25) is 0 Å². The fourth-order valence-electron chi connectivity index (χ4n) is 9.67. The van der Waals surface area contributed by atoms with Crippen molar-refractivity contribution in [1.29, 1.82) is 0 Å². The Labute approximate surface area is 330 Å². The summed E-state index contributed by atoms with van der Waals surface area (Å²) in [6.07, 6.45) is 2.74. The Kier molecular flexibility index (Phi) is 8.50. The van der Waals surface area contributed by atoms with E-state index in [1.807, 2.05) is 6.07 Å². The summed E-state index contributed by atoms with van der Waals surface area (Å²) < 4.78 is 26.8. The maximum atomic E-state index is 14.0. The van der Waals surface area contributed by atoms with E-state index < -0.39 is 0 Å². The second-order valence-corrected chi connectivity index (χ2v) is 16.2. The number of benzene rings is 3. The van der Waals surface area contributed by atoms with Crippen molar-refractivity contribution in [1.82, 2.24) is 25.1 Å². The van der Waals surface area contributed by atoms with Crippen LogP contribution in [0.4, 0.5) is 27.5 Å². The smallest absolute Gasteiger partial charge is 0.151 e. The average Bonchev–Trinajstić information content (AvgIpc) is 3.80. The van der Waals surface area contributed by atoms with Gasteiger partial charge in [0.25, 0.3) is 0 Å². The quantitative estimate of drug-likeness (QED) is 0.183. The molecule has 0 aliphatic carbocycles. The van der Waals surface area contributed by atoms with Crippen molar-refractivity contribution in [3.63, 3.8) is 0 Å². The Morgan fingerprint density at radius 1 is 0.684 bits per heavy atom. The lowest BCUT2D eigenvalue weighted by Crippen LogP contribution is -2.50. The molecule has 57 heavy (non-hydrogen) atoms. The highest BCUT2D eigenvalue weighted by atomic mass is 19.1. The summed E-state index contributed by atoms with van der Waals surface area (Å²) in [5.41, 5.74) is 9.40. The molecule has 3 atom stereocenters. The fourth-order valence-corrected chi connectivity index (χ4v) is 9.67. The molecule has 2 N–H and O–H groups in total. The molecule has 290 valence electrons. The number of ether oxygens (including phenoxy) is 2. The molecule has 1 unspecified atom stereocenters. The predicted molar refractivity (Wildman–Crippen MR) is 223 cm³/mol. The highest BCUT2D eigenvalue weighted by Gasteiger charge is 2.32. The van der Waals surface area contributed by atoms with Crippen LogP contribution in [0.15, 0.2) is 84.9 Å². The van der Waals surface area contributed by atoms with E-state index in [1.165, 1.54) is 33.8 Å². The number of rotatable bonds is 6. The van der Waals surface area contributed by atoms with Gasteiger partial charge in [-0.15, -0.1) is 10.2 Å². The SMILES string of the molecule is C[C@@H]1CN(c2ccc(N3CCc4c([nH]c5ccccc45)C3)nn2)C[C@H](CC2CN(c3ccc4ccc(N5CCc6c([nH]c7ccc(F)cc67)C5)cc4n3)CCO2)O1. The monoisotopic (exact) mass is 763 g/mol. The molecule has 12 heteroatoms. The van der Waals surface area contributed by atoms with E-state index in [-0.39, 0.29) is 24.1 Å². The molecule has 3 aromatic carbocycles. The number of nitrogens with one attached hydrogen (secondary N) is 2. The van der Waals surface area contributed by atoms with E-state index in [9.17, 15) is 4.39 Å². The molecule has 4 aliphatic heterocycles. The molecule has 7 aromatic rings. The Morgan fingerprint density at radius 3 is 2.26 bits per heavy atom. The molecule has 0 bridgehead atoms. The van der Waals surface area contributed by atoms with Crippen molar-refractivity contribution in [3.8, 4) is 0 Å². The second kappa shape index (κ2) is 14.0. The van der Waals surface area contributed by atoms with Crippen LogP contribution in [0, 0.1) is 5.82 Å². The minimum atomic E-state index is -0.190. The van der Waals surface area contributed by atoms with Gasteiger partial charge in [0, 0.05) is 90.0 Å². The van der Waals surface area contributed by atoms with Crippen molar-refractivity contribution in [2.75, 3.05) is 65.5 Å². The van der Waals surface area contributed by atoms with Crippen molar-refractivity contribution < 1.29 is 13.9 Å². The summed E-state index contributed by atoms with van der Waals surface area (Å²) in [5, 5.41) is 12.9. The Balaban J connectivity index is 0.739. The van der Waals surface area contributed by atoms with Gasteiger partial charge in [0.05, 0.1) is 43.5 Å². The van der Waals surface area contributed by atoms with E-state index in [1.54, 1.807) is 6.07 Å². The normalized spacial score (nSPS) is 21.4. The maximum Gasteiger partial charge on any atom is 0.151 e. The van der Waals surface area contributed by atoms with Gasteiger partial charge in [-0.05, 0) is 91.6 Å². The molecule has 11 rings (SSSR count). The number of morpholine rings is 2. The largest absolute Gasteiger partial charge is 0.374 e.